The van der Waals surface area contributed by atoms with Crippen LogP contribution < -0.4 is 5.32 Å². The van der Waals surface area contributed by atoms with Crippen molar-refractivity contribution in [2.24, 2.45) is 0 Å². The highest BCUT2D eigenvalue weighted by Crippen LogP contribution is 2.35. The van der Waals surface area contributed by atoms with Crippen LogP contribution in [0.5, 0.6) is 0 Å². The fourth-order valence-electron chi connectivity index (χ4n) is 1.79. The van der Waals surface area contributed by atoms with E-state index in [1.807, 2.05) is 18.2 Å². The SMILES string of the molecule is COCCNCc1ccc(Sc2ccccc2F)c(Br)c1. The minimum absolute atomic E-state index is 0.195. The highest BCUT2D eigenvalue weighted by molar-refractivity contribution is 9.10. The lowest BCUT2D eigenvalue weighted by molar-refractivity contribution is 0.199. The van der Waals surface area contributed by atoms with Gasteiger partial charge in [0.15, 0.2) is 0 Å². The van der Waals surface area contributed by atoms with Gasteiger partial charge in [-0.15, -0.1) is 0 Å². The normalized spacial score (nSPS) is 10.8. The number of halogens is 2. The van der Waals surface area contributed by atoms with E-state index in [1.54, 1.807) is 19.2 Å². The van der Waals surface area contributed by atoms with Gasteiger partial charge in [-0.2, -0.15) is 0 Å². The third-order valence-electron chi connectivity index (χ3n) is 2.86. The molecule has 0 amide bonds. The van der Waals surface area contributed by atoms with Gasteiger partial charge >= 0.3 is 0 Å². The molecule has 21 heavy (non-hydrogen) atoms. The average molecular weight is 370 g/mol. The van der Waals surface area contributed by atoms with Crippen LogP contribution >= 0.6 is 27.7 Å². The summed E-state index contributed by atoms with van der Waals surface area (Å²) < 4.78 is 19.6. The maximum Gasteiger partial charge on any atom is 0.137 e. The first-order chi connectivity index (χ1) is 10.2. The van der Waals surface area contributed by atoms with Gasteiger partial charge in [0.1, 0.15) is 5.82 Å². The van der Waals surface area contributed by atoms with E-state index in [0.717, 1.165) is 22.5 Å². The van der Waals surface area contributed by atoms with Gasteiger partial charge in [0.05, 0.1) is 6.61 Å². The minimum atomic E-state index is -0.195. The monoisotopic (exact) mass is 369 g/mol. The molecule has 0 spiro atoms. The highest BCUT2D eigenvalue weighted by Gasteiger charge is 2.07. The van der Waals surface area contributed by atoms with Crippen molar-refractivity contribution < 1.29 is 9.13 Å². The second-order valence-electron chi connectivity index (χ2n) is 4.47. The Labute approximate surface area is 137 Å². The van der Waals surface area contributed by atoms with Gasteiger partial charge in [-0.1, -0.05) is 30.0 Å². The van der Waals surface area contributed by atoms with E-state index >= 15 is 0 Å². The lowest BCUT2D eigenvalue weighted by atomic mass is 10.2. The molecule has 2 aromatic rings. The van der Waals surface area contributed by atoms with Crippen molar-refractivity contribution in [1.29, 1.82) is 0 Å². The number of nitrogens with one attached hydrogen (secondary N) is 1. The predicted octanol–water partition coefficient (Wildman–Crippen LogP) is 4.48. The zero-order valence-electron chi connectivity index (χ0n) is 11.7. The Morgan fingerprint density at radius 1 is 1.19 bits per heavy atom. The summed E-state index contributed by atoms with van der Waals surface area (Å²) in [7, 11) is 1.69. The topological polar surface area (TPSA) is 21.3 Å². The summed E-state index contributed by atoms with van der Waals surface area (Å²) in [4.78, 5) is 1.63. The summed E-state index contributed by atoms with van der Waals surface area (Å²) in [5.74, 6) is -0.195. The molecule has 0 atom stereocenters. The molecule has 0 saturated carbocycles. The maximum absolute atomic E-state index is 13.7. The molecule has 2 rings (SSSR count). The predicted molar refractivity (Wildman–Crippen MR) is 88.2 cm³/mol. The second-order valence-corrected chi connectivity index (χ2v) is 6.40. The Bertz CT molecular complexity index is 594. The van der Waals surface area contributed by atoms with Gasteiger partial charge in [-0.3, -0.25) is 0 Å². The molecule has 0 fully saturated rings. The fraction of sp³-hybridized carbons (Fsp3) is 0.250. The number of benzene rings is 2. The zero-order chi connectivity index (χ0) is 15.1. The molecule has 0 saturated heterocycles. The molecule has 5 heteroatoms. The van der Waals surface area contributed by atoms with Gasteiger partial charge in [-0.25, -0.2) is 4.39 Å². The van der Waals surface area contributed by atoms with Crippen LogP contribution in [0.3, 0.4) is 0 Å². The molecule has 0 unspecified atom stereocenters. The Hall–Kier alpha value is -0.880. The minimum Gasteiger partial charge on any atom is -0.383 e. The molecule has 0 aliphatic rings. The summed E-state index contributed by atoms with van der Waals surface area (Å²) in [6, 6.07) is 12.9. The van der Waals surface area contributed by atoms with E-state index in [1.165, 1.54) is 23.4 Å². The molecule has 2 nitrogen and oxygen atoms in total. The quantitative estimate of drug-likeness (QED) is 0.727. The van der Waals surface area contributed by atoms with E-state index in [2.05, 4.69) is 27.3 Å². The van der Waals surface area contributed by atoms with E-state index in [0.29, 0.717) is 11.5 Å². The van der Waals surface area contributed by atoms with E-state index in [4.69, 9.17) is 4.74 Å². The van der Waals surface area contributed by atoms with Gasteiger partial charge in [-0.05, 0) is 45.8 Å². The molecule has 0 aromatic heterocycles. The first-order valence-electron chi connectivity index (χ1n) is 6.61. The van der Waals surface area contributed by atoms with Crippen molar-refractivity contribution in [1.82, 2.24) is 5.32 Å². The van der Waals surface area contributed by atoms with Gasteiger partial charge in [0, 0.05) is 34.5 Å². The Morgan fingerprint density at radius 3 is 2.71 bits per heavy atom. The zero-order valence-corrected chi connectivity index (χ0v) is 14.1. The molecular formula is C16H17BrFNOS. The van der Waals surface area contributed by atoms with Crippen LogP contribution in [-0.4, -0.2) is 20.3 Å². The summed E-state index contributed by atoms with van der Waals surface area (Å²) in [6.07, 6.45) is 0. The van der Waals surface area contributed by atoms with Crippen LogP contribution in [0.1, 0.15) is 5.56 Å². The fourth-order valence-corrected chi connectivity index (χ4v) is 3.30. The first kappa shape index (κ1) is 16.5. The Kier molecular flexibility index (Phi) is 6.70. The first-order valence-corrected chi connectivity index (χ1v) is 8.22. The van der Waals surface area contributed by atoms with Crippen molar-refractivity contribution in [3.05, 3.63) is 58.3 Å². The van der Waals surface area contributed by atoms with Crippen LogP contribution in [0.15, 0.2) is 56.7 Å². The van der Waals surface area contributed by atoms with Gasteiger partial charge in [0.2, 0.25) is 0 Å². The van der Waals surface area contributed by atoms with Crippen LogP contribution in [0.4, 0.5) is 4.39 Å². The van der Waals surface area contributed by atoms with E-state index < -0.39 is 0 Å². The standard InChI is InChI=1S/C16H17BrFNOS/c1-20-9-8-19-11-12-6-7-15(13(17)10-12)21-16-5-3-2-4-14(16)18/h2-7,10,19H,8-9,11H2,1H3. The lowest BCUT2D eigenvalue weighted by Crippen LogP contribution is -2.18. The Morgan fingerprint density at radius 2 is 2.00 bits per heavy atom. The van der Waals surface area contributed by atoms with Crippen molar-refractivity contribution in [2.75, 3.05) is 20.3 Å². The third kappa shape index (κ3) is 5.11. The summed E-state index contributed by atoms with van der Waals surface area (Å²) in [6.45, 7) is 2.30. The van der Waals surface area contributed by atoms with Crippen molar-refractivity contribution in [3.8, 4) is 0 Å². The van der Waals surface area contributed by atoms with Crippen molar-refractivity contribution >= 4 is 27.7 Å². The molecule has 0 aliphatic carbocycles. The largest absolute Gasteiger partial charge is 0.383 e. The van der Waals surface area contributed by atoms with Gasteiger partial charge in [0.25, 0.3) is 0 Å². The molecule has 2 aromatic carbocycles. The van der Waals surface area contributed by atoms with Crippen LogP contribution in [-0.2, 0) is 11.3 Å². The molecule has 0 heterocycles. The number of hydrogen-bond acceptors (Lipinski definition) is 3. The maximum atomic E-state index is 13.7. The van der Waals surface area contributed by atoms with Crippen LogP contribution in [0, 0.1) is 5.82 Å². The number of ether oxygens (including phenoxy) is 1. The lowest BCUT2D eigenvalue weighted by Gasteiger charge is -2.09. The van der Waals surface area contributed by atoms with Crippen LogP contribution in [0.2, 0.25) is 0 Å². The summed E-state index contributed by atoms with van der Waals surface area (Å²) in [5.41, 5.74) is 1.18. The molecule has 112 valence electrons. The van der Waals surface area contributed by atoms with Crippen molar-refractivity contribution in [3.63, 3.8) is 0 Å². The molecule has 0 bridgehead atoms. The smallest absolute Gasteiger partial charge is 0.137 e. The molecule has 0 radical (unpaired) electrons. The molecule has 1 N–H and O–H groups in total. The average Bonchev–Trinajstić information content (AvgIpc) is 2.48. The summed E-state index contributed by atoms with van der Waals surface area (Å²) in [5, 5.41) is 3.30. The van der Waals surface area contributed by atoms with E-state index in [9.17, 15) is 4.39 Å². The number of hydrogen-bond donors (Lipinski definition) is 1. The third-order valence-corrected chi connectivity index (χ3v) is 4.91. The number of rotatable bonds is 7. The van der Waals surface area contributed by atoms with Gasteiger partial charge < -0.3 is 10.1 Å². The number of methoxy groups -OCH3 is 1. The Balaban J connectivity index is 2.01. The second kappa shape index (κ2) is 8.54. The summed E-state index contributed by atoms with van der Waals surface area (Å²) >= 11 is 4.98. The molecule has 0 aliphatic heterocycles. The van der Waals surface area contributed by atoms with E-state index in [-0.39, 0.29) is 5.82 Å². The highest BCUT2D eigenvalue weighted by atomic mass is 79.9. The molecular weight excluding hydrogens is 353 g/mol. The van der Waals surface area contributed by atoms with Crippen LogP contribution in [0.25, 0.3) is 0 Å². The van der Waals surface area contributed by atoms with Crippen molar-refractivity contribution in [2.45, 2.75) is 16.3 Å².